The van der Waals surface area contributed by atoms with Crippen molar-refractivity contribution in [3.05, 3.63) is 0 Å². The van der Waals surface area contributed by atoms with Gasteiger partial charge in [-0.15, -0.1) is 0 Å². The van der Waals surface area contributed by atoms with Crippen LogP contribution in [0.4, 0.5) is 0 Å². The molecule has 0 aromatic heterocycles. The molecule has 1 heteroatoms. The molecule has 0 aliphatic rings. The Balaban J connectivity index is 3.69. The van der Waals surface area contributed by atoms with E-state index in [-0.39, 0.29) is 0 Å². The van der Waals surface area contributed by atoms with Gasteiger partial charge in [0.2, 0.25) is 0 Å². The monoisotopic (exact) mass is 143 g/mol. The van der Waals surface area contributed by atoms with Gasteiger partial charge in [0.05, 0.1) is 0 Å². The Bertz CT molecular complexity index is 70.8. The zero-order valence-corrected chi connectivity index (χ0v) is 7.72. The molecule has 1 nitrogen and oxygen atoms in total. The third kappa shape index (κ3) is 2.70. The minimum absolute atomic E-state index is 0.676. The topological polar surface area (TPSA) is 26.0 Å². The van der Waals surface area contributed by atoms with Crippen molar-refractivity contribution in [3.63, 3.8) is 0 Å². The largest absolute Gasteiger partial charge is 0.330 e. The molecule has 2 N–H and O–H groups in total. The van der Waals surface area contributed by atoms with Crippen LogP contribution in [0, 0.1) is 17.8 Å². The first-order valence-electron chi connectivity index (χ1n) is 4.33. The van der Waals surface area contributed by atoms with Crippen molar-refractivity contribution in [1.82, 2.24) is 0 Å². The molecule has 0 aromatic rings. The highest BCUT2D eigenvalue weighted by molar-refractivity contribution is 4.67. The van der Waals surface area contributed by atoms with Crippen LogP contribution in [0.5, 0.6) is 0 Å². The second kappa shape index (κ2) is 4.73. The molecule has 62 valence electrons. The van der Waals surface area contributed by atoms with Crippen LogP contribution in [-0.2, 0) is 0 Å². The van der Waals surface area contributed by atoms with Gasteiger partial charge >= 0.3 is 0 Å². The Morgan fingerprint density at radius 3 is 1.90 bits per heavy atom. The predicted octanol–water partition coefficient (Wildman–Crippen LogP) is 2.26. The SMILES string of the molecule is CCC(C)C(C)C(C)CN. The Kier molecular flexibility index (Phi) is 4.71. The molecular weight excluding hydrogens is 122 g/mol. The van der Waals surface area contributed by atoms with E-state index in [2.05, 4.69) is 27.7 Å². The van der Waals surface area contributed by atoms with E-state index in [9.17, 15) is 0 Å². The molecule has 0 aliphatic heterocycles. The first kappa shape index (κ1) is 9.96. The Morgan fingerprint density at radius 2 is 1.60 bits per heavy atom. The van der Waals surface area contributed by atoms with Gasteiger partial charge in [-0.05, 0) is 24.3 Å². The Morgan fingerprint density at radius 1 is 1.10 bits per heavy atom. The fourth-order valence-electron chi connectivity index (χ4n) is 1.15. The highest BCUT2D eigenvalue weighted by Crippen LogP contribution is 2.21. The Labute approximate surface area is 65.0 Å². The number of rotatable bonds is 4. The zero-order chi connectivity index (χ0) is 8.15. The lowest BCUT2D eigenvalue weighted by molar-refractivity contribution is 0.278. The molecule has 0 aliphatic carbocycles. The van der Waals surface area contributed by atoms with Crippen LogP contribution in [0.25, 0.3) is 0 Å². The van der Waals surface area contributed by atoms with Crippen LogP contribution in [-0.4, -0.2) is 6.54 Å². The van der Waals surface area contributed by atoms with Crippen molar-refractivity contribution in [1.29, 1.82) is 0 Å². The summed E-state index contributed by atoms with van der Waals surface area (Å²) in [4.78, 5) is 0. The Hall–Kier alpha value is -0.0400. The molecule has 0 aromatic carbocycles. The van der Waals surface area contributed by atoms with Crippen molar-refractivity contribution in [2.45, 2.75) is 34.1 Å². The highest BCUT2D eigenvalue weighted by atomic mass is 14.5. The highest BCUT2D eigenvalue weighted by Gasteiger charge is 2.15. The summed E-state index contributed by atoms with van der Waals surface area (Å²) in [5.41, 5.74) is 5.57. The molecule has 0 saturated heterocycles. The van der Waals surface area contributed by atoms with Gasteiger partial charge in [0, 0.05) is 0 Å². The maximum Gasteiger partial charge on any atom is -0.00489 e. The van der Waals surface area contributed by atoms with Gasteiger partial charge in [-0.25, -0.2) is 0 Å². The normalized spacial score (nSPS) is 20.1. The summed E-state index contributed by atoms with van der Waals surface area (Å²) in [5.74, 6) is 2.27. The molecule has 0 heterocycles. The maximum absolute atomic E-state index is 5.57. The standard InChI is InChI=1S/C9H21N/c1-5-7(2)9(4)8(3)6-10/h7-9H,5-6,10H2,1-4H3. The van der Waals surface area contributed by atoms with Crippen molar-refractivity contribution in [3.8, 4) is 0 Å². The molecule has 0 fully saturated rings. The van der Waals surface area contributed by atoms with Crippen molar-refractivity contribution >= 4 is 0 Å². The smallest absolute Gasteiger partial charge is 0.00489 e. The van der Waals surface area contributed by atoms with Crippen LogP contribution in [0.1, 0.15) is 34.1 Å². The number of nitrogens with two attached hydrogens (primary N) is 1. The van der Waals surface area contributed by atoms with E-state index >= 15 is 0 Å². The molecule has 0 rings (SSSR count). The summed E-state index contributed by atoms with van der Waals surface area (Å²) in [5, 5.41) is 0. The molecule has 0 bridgehead atoms. The maximum atomic E-state index is 5.57. The number of hydrogen-bond acceptors (Lipinski definition) is 1. The molecule has 3 unspecified atom stereocenters. The molecular formula is C9H21N. The van der Waals surface area contributed by atoms with E-state index in [4.69, 9.17) is 5.73 Å². The molecule has 0 radical (unpaired) electrons. The van der Waals surface area contributed by atoms with Gasteiger partial charge in [-0.2, -0.15) is 0 Å². The van der Waals surface area contributed by atoms with E-state index in [1.807, 2.05) is 0 Å². The van der Waals surface area contributed by atoms with Gasteiger partial charge in [-0.1, -0.05) is 34.1 Å². The van der Waals surface area contributed by atoms with Gasteiger partial charge in [-0.3, -0.25) is 0 Å². The van der Waals surface area contributed by atoms with Crippen LogP contribution in [0.15, 0.2) is 0 Å². The van der Waals surface area contributed by atoms with Crippen molar-refractivity contribution < 1.29 is 0 Å². The average Bonchev–Trinajstić information content (AvgIpc) is 2.00. The van der Waals surface area contributed by atoms with Crippen LogP contribution >= 0.6 is 0 Å². The summed E-state index contributed by atoms with van der Waals surface area (Å²) in [6.07, 6.45) is 1.27. The molecule has 0 amide bonds. The minimum atomic E-state index is 0.676. The lowest BCUT2D eigenvalue weighted by Gasteiger charge is -2.23. The van der Waals surface area contributed by atoms with Crippen molar-refractivity contribution in [2.24, 2.45) is 23.5 Å². The van der Waals surface area contributed by atoms with E-state index < -0.39 is 0 Å². The van der Waals surface area contributed by atoms with E-state index in [1.165, 1.54) is 6.42 Å². The summed E-state index contributed by atoms with van der Waals surface area (Å²) in [6, 6.07) is 0. The van der Waals surface area contributed by atoms with Gasteiger partial charge in [0.1, 0.15) is 0 Å². The second-order valence-corrected chi connectivity index (χ2v) is 3.46. The summed E-state index contributed by atoms with van der Waals surface area (Å²) >= 11 is 0. The van der Waals surface area contributed by atoms with Gasteiger partial charge in [0.15, 0.2) is 0 Å². The van der Waals surface area contributed by atoms with Crippen LogP contribution in [0.2, 0.25) is 0 Å². The molecule has 0 spiro atoms. The van der Waals surface area contributed by atoms with E-state index in [0.29, 0.717) is 5.92 Å². The molecule has 3 atom stereocenters. The second-order valence-electron chi connectivity index (χ2n) is 3.46. The quantitative estimate of drug-likeness (QED) is 0.642. The predicted molar refractivity (Wildman–Crippen MR) is 46.8 cm³/mol. The third-order valence-corrected chi connectivity index (χ3v) is 2.81. The van der Waals surface area contributed by atoms with Crippen LogP contribution < -0.4 is 5.73 Å². The van der Waals surface area contributed by atoms with Crippen LogP contribution in [0.3, 0.4) is 0 Å². The van der Waals surface area contributed by atoms with E-state index in [1.54, 1.807) is 0 Å². The lowest BCUT2D eigenvalue weighted by atomic mass is 9.84. The minimum Gasteiger partial charge on any atom is -0.330 e. The fourth-order valence-corrected chi connectivity index (χ4v) is 1.15. The van der Waals surface area contributed by atoms with E-state index in [0.717, 1.165) is 18.4 Å². The van der Waals surface area contributed by atoms with Gasteiger partial charge in [0.25, 0.3) is 0 Å². The zero-order valence-electron chi connectivity index (χ0n) is 7.72. The number of hydrogen-bond donors (Lipinski definition) is 1. The molecule has 0 saturated carbocycles. The first-order chi connectivity index (χ1) is 4.63. The van der Waals surface area contributed by atoms with Crippen molar-refractivity contribution in [2.75, 3.05) is 6.54 Å². The average molecular weight is 143 g/mol. The fraction of sp³-hybridized carbons (Fsp3) is 1.00. The summed E-state index contributed by atoms with van der Waals surface area (Å²) in [6.45, 7) is 9.90. The summed E-state index contributed by atoms with van der Waals surface area (Å²) in [7, 11) is 0. The lowest BCUT2D eigenvalue weighted by Crippen LogP contribution is -2.23. The third-order valence-electron chi connectivity index (χ3n) is 2.81. The summed E-state index contributed by atoms with van der Waals surface area (Å²) < 4.78 is 0. The molecule has 10 heavy (non-hydrogen) atoms. The first-order valence-corrected chi connectivity index (χ1v) is 4.33. The van der Waals surface area contributed by atoms with Gasteiger partial charge < -0.3 is 5.73 Å².